The maximum Gasteiger partial charge on any atom is 0.0799 e. The second-order valence-corrected chi connectivity index (χ2v) is 14.7. The average Bonchev–Trinajstić information content (AvgIpc) is 3.13. The molecule has 0 radical (unpaired) electrons. The third kappa shape index (κ3) is 3.57. The summed E-state index contributed by atoms with van der Waals surface area (Å²) in [6, 6.07) is 28.5. The summed E-state index contributed by atoms with van der Waals surface area (Å²) >= 11 is 0. The minimum atomic E-state index is -1.42. The fourth-order valence-corrected chi connectivity index (χ4v) is 6.41. The summed E-state index contributed by atoms with van der Waals surface area (Å²) in [5.74, 6) is 0. The largest absolute Gasteiger partial charge is 0.309 e. The quantitative estimate of drug-likeness (QED) is 0.265. The second-order valence-electron chi connectivity index (χ2n) is 9.65. The van der Waals surface area contributed by atoms with E-state index in [9.17, 15) is 0 Å². The molecule has 5 aromatic rings. The SMILES string of the molecule is CCCc1cc(-c2ccc3c(c2)c2ccccc2n3-c2ccccc2)ncc1[Si](C)(C)C. The molecule has 5 rings (SSSR count). The molecule has 0 atom stereocenters. The Labute approximate surface area is 191 Å². The van der Waals surface area contributed by atoms with E-state index in [0.717, 1.165) is 18.5 Å². The molecule has 0 N–H and O–H groups in total. The van der Waals surface area contributed by atoms with Crippen LogP contribution < -0.4 is 5.19 Å². The monoisotopic (exact) mass is 434 g/mol. The molecule has 0 amide bonds. The molecule has 2 nitrogen and oxygen atoms in total. The topological polar surface area (TPSA) is 17.8 Å². The van der Waals surface area contributed by atoms with Crippen LogP contribution in [0.5, 0.6) is 0 Å². The third-order valence-electron chi connectivity index (χ3n) is 6.30. The van der Waals surface area contributed by atoms with Crippen LogP contribution in [0.4, 0.5) is 0 Å². The number of aromatic nitrogens is 2. The number of rotatable bonds is 5. The van der Waals surface area contributed by atoms with Crippen LogP contribution in [-0.4, -0.2) is 17.6 Å². The maximum absolute atomic E-state index is 4.94. The first-order valence-corrected chi connectivity index (χ1v) is 15.1. The first-order valence-electron chi connectivity index (χ1n) is 11.6. The van der Waals surface area contributed by atoms with Gasteiger partial charge in [-0.25, -0.2) is 0 Å². The number of nitrogens with zero attached hydrogens (tertiary/aromatic N) is 2. The highest BCUT2D eigenvalue weighted by molar-refractivity contribution is 6.89. The number of hydrogen-bond acceptors (Lipinski definition) is 1. The molecule has 160 valence electrons. The van der Waals surface area contributed by atoms with Crippen LogP contribution in [0.2, 0.25) is 19.6 Å². The number of fused-ring (bicyclic) bond motifs is 3. The van der Waals surface area contributed by atoms with Crippen molar-refractivity contribution >= 4 is 35.1 Å². The molecular formula is C29H30N2Si. The van der Waals surface area contributed by atoms with Crippen LogP contribution in [-0.2, 0) is 6.42 Å². The molecule has 32 heavy (non-hydrogen) atoms. The van der Waals surface area contributed by atoms with Crippen molar-refractivity contribution in [3.05, 3.63) is 90.6 Å². The Hall–Kier alpha value is -3.17. The predicted octanol–water partition coefficient (Wildman–Crippen LogP) is 7.34. The van der Waals surface area contributed by atoms with Crippen LogP contribution in [0.3, 0.4) is 0 Å². The Balaban J connectivity index is 1.71. The van der Waals surface area contributed by atoms with E-state index in [4.69, 9.17) is 4.98 Å². The van der Waals surface area contributed by atoms with Crippen molar-refractivity contribution < 1.29 is 0 Å². The zero-order valence-electron chi connectivity index (χ0n) is 19.4. The summed E-state index contributed by atoms with van der Waals surface area (Å²) in [5.41, 5.74) is 7.40. The summed E-state index contributed by atoms with van der Waals surface area (Å²) in [6.07, 6.45) is 4.43. The summed E-state index contributed by atoms with van der Waals surface area (Å²) in [4.78, 5) is 4.94. The third-order valence-corrected chi connectivity index (χ3v) is 8.37. The van der Waals surface area contributed by atoms with E-state index in [2.05, 4.69) is 116 Å². The molecule has 2 heterocycles. The lowest BCUT2D eigenvalue weighted by molar-refractivity contribution is 0.924. The fraction of sp³-hybridized carbons (Fsp3) is 0.207. The highest BCUT2D eigenvalue weighted by Gasteiger charge is 2.21. The lowest BCUT2D eigenvalue weighted by Gasteiger charge is -2.21. The van der Waals surface area contributed by atoms with Gasteiger partial charge in [0, 0.05) is 28.2 Å². The molecule has 0 aliphatic carbocycles. The summed E-state index contributed by atoms with van der Waals surface area (Å²) < 4.78 is 2.36. The molecule has 0 spiro atoms. The highest BCUT2D eigenvalue weighted by atomic mass is 28.3. The molecule has 3 aromatic carbocycles. The van der Waals surface area contributed by atoms with Crippen LogP contribution in [0.1, 0.15) is 18.9 Å². The molecule has 0 saturated heterocycles. The molecule has 0 unspecified atom stereocenters. The van der Waals surface area contributed by atoms with Crippen LogP contribution in [0, 0.1) is 0 Å². The number of pyridine rings is 1. The van der Waals surface area contributed by atoms with E-state index >= 15 is 0 Å². The van der Waals surface area contributed by atoms with Crippen molar-refractivity contribution in [3.63, 3.8) is 0 Å². The van der Waals surface area contributed by atoms with Crippen molar-refractivity contribution in [3.8, 4) is 16.9 Å². The van der Waals surface area contributed by atoms with Gasteiger partial charge in [0.2, 0.25) is 0 Å². The fourth-order valence-electron chi connectivity index (χ4n) is 4.79. The molecular weight excluding hydrogens is 404 g/mol. The zero-order valence-corrected chi connectivity index (χ0v) is 20.4. The molecule has 0 bridgehead atoms. The van der Waals surface area contributed by atoms with E-state index < -0.39 is 8.07 Å². The van der Waals surface area contributed by atoms with Crippen molar-refractivity contribution in [2.45, 2.75) is 39.4 Å². The maximum atomic E-state index is 4.94. The standard InChI is InChI=1S/C29H30N2Si/c1-5-11-22-19-26(30-20-29(22)32(2,3)4)21-16-17-28-25(18-21)24-14-9-10-15-27(24)31(28)23-12-7-6-8-13-23/h6-10,12-20H,5,11H2,1-4H3. The van der Waals surface area contributed by atoms with E-state index in [-0.39, 0.29) is 0 Å². The van der Waals surface area contributed by atoms with Gasteiger partial charge in [-0.1, -0.05) is 75.5 Å². The Morgan fingerprint density at radius 1 is 0.781 bits per heavy atom. The van der Waals surface area contributed by atoms with Gasteiger partial charge in [-0.3, -0.25) is 4.98 Å². The first-order chi connectivity index (χ1) is 15.5. The van der Waals surface area contributed by atoms with E-state index in [1.807, 2.05) is 0 Å². The van der Waals surface area contributed by atoms with Crippen molar-refractivity contribution in [1.82, 2.24) is 9.55 Å². The van der Waals surface area contributed by atoms with Crippen LogP contribution in [0.15, 0.2) is 85.1 Å². The molecule has 0 aliphatic heterocycles. The Morgan fingerprint density at radius 2 is 1.50 bits per heavy atom. The zero-order chi connectivity index (χ0) is 22.3. The van der Waals surface area contributed by atoms with E-state index in [1.165, 1.54) is 43.8 Å². The number of benzene rings is 3. The van der Waals surface area contributed by atoms with Crippen LogP contribution in [0.25, 0.3) is 38.8 Å². The van der Waals surface area contributed by atoms with Gasteiger partial charge in [0.25, 0.3) is 0 Å². The average molecular weight is 435 g/mol. The highest BCUT2D eigenvalue weighted by Crippen LogP contribution is 2.34. The molecule has 0 aliphatic rings. The van der Waals surface area contributed by atoms with Crippen molar-refractivity contribution in [2.75, 3.05) is 0 Å². The Bertz CT molecular complexity index is 1410. The van der Waals surface area contributed by atoms with Gasteiger partial charge in [-0.15, -0.1) is 0 Å². The number of para-hydroxylation sites is 2. The van der Waals surface area contributed by atoms with Gasteiger partial charge in [-0.2, -0.15) is 0 Å². The lowest BCUT2D eigenvalue weighted by Crippen LogP contribution is -2.40. The summed E-state index contributed by atoms with van der Waals surface area (Å²) in [6.45, 7) is 9.49. The summed E-state index contributed by atoms with van der Waals surface area (Å²) in [5, 5.41) is 4.04. The molecule has 3 heteroatoms. The van der Waals surface area contributed by atoms with Gasteiger partial charge >= 0.3 is 0 Å². The van der Waals surface area contributed by atoms with E-state index in [1.54, 1.807) is 0 Å². The minimum Gasteiger partial charge on any atom is -0.309 e. The Morgan fingerprint density at radius 3 is 2.25 bits per heavy atom. The predicted molar refractivity (Wildman–Crippen MR) is 141 cm³/mol. The Kier molecular flexibility index (Phi) is 5.22. The van der Waals surface area contributed by atoms with Gasteiger partial charge < -0.3 is 4.57 Å². The van der Waals surface area contributed by atoms with Crippen LogP contribution >= 0.6 is 0 Å². The first kappa shape index (κ1) is 20.7. The number of aryl methyl sites for hydroxylation is 1. The van der Waals surface area contributed by atoms with Gasteiger partial charge in [0.15, 0.2) is 0 Å². The lowest BCUT2D eigenvalue weighted by atomic mass is 10.0. The molecule has 0 saturated carbocycles. The smallest absolute Gasteiger partial charge is 0.0799 e. The van der Waals surface area contributed by atoms with Crippen molar-refractivity contribution in [1.29, 1.82) is 0 Å². The molecule has 2 aromatic heterocycles. The summed E-state index contributed by atoms with van der Waals surface area (Å²) in [7, 11) is -1.42. The van der Waals surface area contributed by atoms with Gasteiger partial charge in [0.05, 0.1) is 24.8 Å². The number of hydrogen-bond donors (Lipinski definition) is 0. The minimum absolute atomic E-state index is 1.08. The molecule has 0 fully saturated rings. The second kappa shape index (κ2) is 8.07. The van der Waals surface area contributed by atoms with Gasteiger partial charge in [0.1, 0.15) is 0 Å². The van der Waals surface area contributed by atoms with Gasteiger partial charge in [-0.05, 0) is 53.6 Å². The van der Waals surface area contributed by atoms with E-state index in [0.29, 0.717) is 0 Å². The normalized spacial score (nSPS) is 12.0. The van der Waals surface area contributed by atoms with Crippen molar-refractivity contribution in [2.24, 2.45) is 0 Å².